The summed E-state index contributed by atoms with van der Waals surface area (Å²) in [4.78, 5) is 24.2. The molecule has 0 spiro atoms. The van der Waals surface area contributed by atoms with Gasteiger partial charge in [0.25, 0.3) is 0 Å². The van der Waals surface area contributed by atoms with Gasteiger partial charge in [-0.2, -0.15) is 0 Å². The van der Waals surface area contributed by atoms with Crippen molar-refractivity contribution in [1.82, 2.24) is 0 Å². The minimum absolute atomic E-state index is 0.201. The van der Waals surface area contributed by atoms with E-state index in [9.17, 15) is 14.7 Å². The maximum Gasteiger partial charge on any atom is 0.333 e. The van der Waals surface area contributed by atoms with Crippen LogP contribution in [0.2, 0.25) is 0 Å². The summed E-state index contributed by atoms with van der Waals surface area (Å²) in [6.07, 6.45) is 12.6. The van der Waals surface area contributed by atoms with Crippen LogP contribution in [0.4, 0.5) is 0 Å². The predicted octanol–water partition coefficient (Wildman–Crippen LogP) is 6.57. The quantitative estimate of drug-likeness (QED) is 0.352. The number of fused-ring (bicyclic) bond motifs is 5. The van der Waals surface area contributed by atoms with E-state index in [1.54, 1.807) is 0 Å². The number of rotatable bonds is 6. The number of carbonyl (C=O) groups is 2. The Morgan fingerprint density at radius 2 is 1.88 bits per heavy atom. The lowest BCUT2D eigenvalue weighted by molar-refractivity contribution is -0.193. The molecule has 1 N–H and O–H groups in total. The standard InChI is InChI=1S/C30H46O4/c1-7-21(20(3)27(32)34-6)9-8-19(2)24-12-13-25-26-11-10-22-18-23(31)14-15-29(22,5)30(26,33)17-16-28(24,25)4/h18-19,24-26,33H,7-17H2,1-6H3/t19-,24-,25+,26+,28-,29+,30-/m1/s1. The van der Waals surface area contributed by atoms with Crippen LogP contribution in [-0.4, -0.2) is 29.6 Å². The van der Waals surface area contributed by atoms with E-state index in [0.29, 0.717) is 30.1 Å². The Morgan fingerprint density at radius 3 is 2.56 bits per heavy atom. The Hall–Kier alpha value is -1.42. The minimum atomic E-state index is -0.671. The normalized spacial score (nSPS) is 41.0. The summed E-state index contributed by atoms with van der Waals surface area (Å²) < 4.78 is 4.96. The first-order valence-corrected chi connectivity index (χ1v) is 13.7. The lowest BCUT2D eigenvalue weighted by atomic mass is 9.44. The lowest BCUT2D eigenvalue weighted by Crippen LogP contribution is -2.63. The van der Waals surface area contributed by atoms with Crippen LogP contribution in [0.3, 0.4) is 0 Å². The number of ketones is 1. The van der Waals surface area contributed by atoms with Gasteiger partial charge in [0.05, 0.1) is 12.7 Å². The van der Waals surface area contributed by atoms with Gasteiger partial charge in [0.15, 0.2) is 5.78 Å². The first-order chi connectivity index (χ1) is 16.0. The van der Waals surface area contributed by atoms with Crippen LogP contribution in [0.1, 0.15) is 105 Å². The number of carbonyl (C=O) groups excluding carboxylic acids is 2. The van der Waals surface area contributed by atoms with Gasteiger partial charge in [-0.15, -0.1) is 0 Å². The van der Waals surface area contributed by atoms with Crippen molar-refractivity contribution in [3.05, 3.63) is 22.8 Å². The Morgan fingerprint density at radius 1 is 1.15 bits per heavy atom. The van der Waals surface area contributed by atoms with Crippen LogP contribution < -0.4 is 0 Å². The third kappa shape index (κ3) is 3.83. The fourth-order valence-electron chi connectivity index (χ4n) is 9.01. The third-order valence-corrected chi connectivity index (χ3v) is 11.3. The molecule has 4 heteroatoms. The molecule has 4 aliphatic rings. The molecule has 34 heavy (non-hydrogen) atoms. The molecule has 0 aromatic heterocycles. The molecule has 0 unspecified atom stereocenters. The first kappa shape index (κ1) is 25.7. The average molecular weight is 471 g/mol. The number of methoxy groups -OCH3 is 1. The lowest BCUT2D eigenvalue weighted by Gasteiger charge is -2.63. The summed E-state index contributed by atoms with van der Waals surface area (Å²) >= 11 is 0. The van der Waals surface area contributed by atoms with E-state index in [4.69, 9.17) is 4.74 Å². The molecule has 4 nitrogen and oxygen atoms in total. The molecule has 3 saturated carbocycles. The molecular weight excluding hydrogens is 424 g/mol. The van der Waals surface area contributed by atoms with Gasteiger partial charge in [0.1, 0.15) is 0 Å². The van der Waals surface area contributed by atoms with Crippen LogP contribution in [0.5, 0.6) is 0 Å². The van der Waals surface area contributed by atoms with Crippen LogP contribution in [0, 0.1) is 34.5 Å². The SMILES string of the molecule is CCC(CC[C@@H](C)[C@H]1CC[C@H]2[C@@H]3CCC4=CC(=O)CC[C@]4(C)[C@@]3(O)CC[C@]12C)=C(C)C(=O)OC. The average Bonchev–Trinajstić information content (AvgIpc) is 3.17. The van der Waals surface area contributed by atoms with Crippen LogP contribution in [0.25, 0.3) is 0 Å². The van der Waals surface area contributed by atoms with E-state index in [0.717, 1.165) is 56.9 Å². The van der Waals surface area contributed by atoms with Crippen molar-refractivity contribution in [3.8, 4) is 0 Å². The number of hydrogen-bond donors (Lipinski definition) is 1. The second-order valence-electron chi connectivity index (χ2n) is 12.4. The van der Waals surface area contributed by atoms with Crippen molar-refractivity contribution in [2.24, 2.45) is 34.5 Å². The highest BCUT2D eigenvalue weighted by Gasteiger charge is 2.65. The van der Waals surface area contributed by atoms with Gasteiger partial charge in [-0.25, -0.2) is 4.79 Å². The summed E-state index contributed by atoms with van der Waals surface area (Å²) in [5, 5.41) is 12.3. The molecule has 0 aromatic rings. The van der Waals surface area contributed by atoms with E-state index in [-0.39, 0.29) is 22.6 Å². The monoisotopic (exact) mass is 470 g/mol. The highest BCUT2D eigenvalue weighted by Crippen LogP contribution is 2.69. The number of allylic oxidation sites excluding steroid dienone is 1. The van der Waals surface area contributed by atoms with Crippen LogP contribution in [0.15, 0.2) is 22.8 Å². The molecule has 4 aliphatic carbocycles. The van der Waals surface area contributed by atoms with Crippen molar-refractivity contribution in [1.29, 1.82) is 0 Å². The van der Waals surface area contributed by atoms with Gasteiger partial charge >= 0.3 is 5.97 Å². The number of aliphatic hydroxyl groups is 1. The summed E-state index contributed by atoms with van der Waals surface area (Å²) in [7, 11) is 1.46. The Labute approximate surface area is 206 Å². The molecule has 190 valence electrons. The zero-order valence-corrected chi connectivity index (χ0v) is 22.3. The zero-order chi connectivity index (χ0) is 24.9. The maximum absolute atomic E-state index is 12.3. The van der Waals surface area contributed by atoms with Crippen molar-refractivity contribution in [2.45, 2.75) is 111 Å². The molecule has 7 atom stereocenters. The van der Waals surface area contributed by atoms with E-state index < -0.39 is 5.60 Å². The van der Waals surface area contributed by atoms with E-state index >= 15 is 0 Å². The molecule has 4 rings (SSSR count). The number of esters is 1. The van der Waals surface area contributed by atoms with Crippen molar-refractivity contribution >= 4 is 11.8 Å². The fraction of sp³-hybridized carbons (Fsp3) is 0.800. The highest BCUT2D eigenvalue weighted by atomic mass is 16.5. The summed E-state index contributed by atoms with van der Waals surface area (Å²) in [6.45, 7) is 11.2. The number of ether oxygens (including phenoxy) is 1. The molecule has 0 aromatic carbocycles. The summed E-state index contributed by atoms with van der Waals surface area (Å²) in [6, 6.07) is 0. The van der Waals surface area contributed by atoms with Gasteiger partial charge in [-0.1, -0.05) is 38.8 Å². The zero-order valence-electron chi connectivity index (χ0n) is 22.3. The van der Waals surface area contributed by atoms with Crippen molar-refractivity contribution in [3.63, 3.8) is 0 Å². The molecule has 0 amide bonds. The fourth-order valence-corrected chi connectivity index (χ4v) is 9.01. The molecule has 0 saturated heterocycles. The smallest absolute Gasteiger partial charge is 0.333 e. The predicted molar refractivity (Wildman–Crippen MR) is 135 cm³/mol. The van der Waals surface area contributed by atoms with Gasteiger partial charge in [0.2, 0.25) is 0 Å². The molecular formula is C30H46O4. The highest BCUT2D eigenvalue weighted by molar-refractivity contribution is 5.91. The van der Waals surface area contributed by atoms with Crippen molar-refractivity contribution in [2.75, 3.05) is 7.11 Å². The van der Waals surface area contributed by atoms with Gasteiger partial charge < -0.3 is 9.84 Å². The number of hydrogen-bond acceptors (Lipinski definition) is 4. The van der Waals surface area contributed by atoms with Crippen LogP contribution >= 0.6 is 0 Å². The summed E-state index contributed by atoms with van der Waals surface area (Å²) in [5.41, 5.74) is 2.58. The third-order valence-electron chi connectivity index (χ3n) is 11.3. The molecule has 0 radical (unpaired) electrons. The first-order valence-electron chi connectivity index (χ1n) is 13.7. The van der Waals surface area contributed by atoms with Crippen LogP contribution in [-0.2, 0) is 14.3 Å². The molecule has 0 heterocycles. The minimum Gasteiger partial charge on any atom is -0.466 e. The Kier molecular flexibility index (Phi) is 6.96. The maximum atomic E-state index is 12.3. The van der Waals surface area contributed by atoms with Gasteiger partial charge in [0, 0.05) is 17.4 Å². The van der Waals surface area contributed by atoms with E-state index in [1.165, 1.54) is 31.1 Å². The molecule has 0 aliphatic heterocycles. The van der Waals surface area contributed by atoms with Crippen molar-refractivity contribution < 1.29 is 19.4 Å². The largest absolute Gasteiger partial charge is 0.466 e. The van der Waals surface area contributed by atoms with Gasteiger partial charge in [-0.3, -0.25) is 4.79 Å². The topological polar surface area (TPSA) is 63.6 Å². The second kappa shape index (κ2) is 9.22. The molecule has 3 fully saturated rings. The van der Waals surface area contributed by atoms with E-state index in [1.807, 2.05) is 13.0 Å². The van der Waals surface area contributed by atoms with E-state index in [2.05, 4.69) is 27.7 Å². The Bertz CT molecular complexity index is 899. The molecule has 0 bridgehead atoms. The second-order valence-corrected chi connectivity index (χ2v) is 12.4. The van der Waals surface area contributed by atoms with Gasteiger partial charge in [-0.05, 0) is 106 Å². The Balaban J connectivity index is 1.51. The summed E-state index contributed by atoms with van der Waals surface area (Å²) in [5.74, 6) is 2.20.